The molecule has 24 heavy (non-hydrogen) atoms. The standard InChI is InChI=1S/C18H27N3O2.ClH/c1-3-18(4-2,13-19)20-16(22)11-12-21-15-8-6-5-7-14(15)9-10-17(21)23;/h5-8H,3-4,9-13,19H2,1-2H3,(H,20,22);1H. The number of benzene rings is 1. The Morgan fingerprint density at radius 2 is 1.92 bits per heavy atom. The summed E-state index contributed by atoms with van der Waals surface area (Å²) in [7, 11) is 0. The number of halogens is 1. The van der Waals surface area contributed by atoms with Gasteiger partial charge in [0.15, 0.2) is 0 Å². The average molecular weight is 354 g/mol. The second-order valence-electron chi connectivity index (χ2n) is 6.16. The number of para-hydroxylation sites is 1. The number of carbonyl (C=O) groups excluding carboxylic acids is 2. The van der Waals surface area contributed by atoms with E-state index in [9.17, 15) is 9.59 Å². The third-order valence-electron chi connectivity index (χ3n) is 4.90. The van der Waals surface area contributed by atoms with Gasteiger partial charge in [-0.2, -0.15) is 0 Å². The first-order valence-electron chi connectivity index (χ1n) is 8.44. The van der Waals surface area contributed by atoms with Crippen LogP contribution in [0.4, 0.5) is 5.69 Å². The van der Waals surface area contributed by atoms with Crippen LogP contribution in [-0.2, 0) is 16.0 Å². The van der Waals surface area contributed by atoms with Gasteiger partial charge in [-0.15, -0.1) is 12.4 Å². The number of hydrogen-bond acceptors (Lipinski definition) is 3. The number of carbonyl (C=O) groups is 2. The van der Waals surface area contributed by atoms with Gasteiger partial charge in [0.2, 0.25) is 11.8 Å². The minimum Gasteiger partial charge on any atom is -0.349 e. The van der Waals surface area contributed by atoms with Crippen molar-refractivity contribution in [2.24, 2.45) is 5.73 Å². The normalized spacial score (nSPS) is 14.0. The highest BCUT2D eigenvalue weighted by atomic mass is 35.5. The van der Waals surface area contributed by atoms with Gasteiger partial charge in [-0.05, 0) is 30.9 Å². The Kier molecular flexibility index (Phi) is 7.70. The molecule has 3 N–H and O–H groups in total. The molecule has 6 heteroatoms. The molecule has 0 atom stereocenters. The topological polar surface area (TPSA) is 75.4 Å². The minimum atomic E-state index is -0.332. The largest absolute Gasteiger partial charge is 0.349 e. The Labute approximate surface area is 150 Å². The molecule has 0 bridgehead atoms. The van der Waals surface area contributed by atoms with Gasteiger partial charge in [0, 0.05) is 31.6 Å². The van der Waals surface area contributed by atoms with Crippen LogP contribution in [0.25, 0.3) is 0 Å². The second-order valence-corrected chi connectivity index (χ2v) is 6.16. The van der Waals surface area contributed by atoms with E-state index in [1.54, 1.807) is 4.90 Å². The Bertz CT molecular complexity index is 565. The SMILES string of the molecule is CCC(CC)(CN)NC(=O)CCN1C(=O)CCc2ccccc21.Cl. The van der Waals surface area contributed by atoms with Gasteiger partial charge in [-0.1, -0.05) is 32.0 Å². The molecule has 2 rings (SSSR count). The number of amides is 2. The van der Waals surface area contributed by atoms with E-state index in [4.69, 9.17) is 5.73 Å². The summed E-state index contributed by atoms with van der Waals surface area (Å²) in [5.74, 6) is 0.0441. The molecule has 0 radical (unpaired) electrons. The number of nitrogens with two attached hydrogens (primary N) is 1. The summed E-state index contributed by atoms with van der Waals surface area (Å²) in [5.41, 5.74) is 7.60. The van der Waals surface area contributed by atoms with Crippen molar-refractivity contribution in [2.45, 2.75) is 51.5 Å². The van der Waals surface area contributed by atoms with Crippen LogP contribution < -0.4 is 16.0 Å². The smallest absolute Gasteiger partial charge is 0.227 e. The van der Waals surface area contributed by atoms with Crippen LogP contribution in [-0.4, -0.2) is 30.4 Å². The number of nitrogens with one attached hydrogen (secondary N) is 1. The van der Waals surface area contributed by atoms with Gasteiger partial charge in [0.25, 0.3) is 0 Å². The van der Waals surface area contributed by atoms with Crippen molar-refractivity contribution < 1.29 is 9.59 Å². The van der Waals surface area contributed by atoms with Crippen LogP contribution in [0.3, 0.4) is 0 Å². The summed E-state index contributed by atoms with van der Waals surface area (Å²) < 4.78 is 0. The predicted molar refractivity (Wildman–Crippen MR) is 99.5 cm³/mol. The Hall–Kier alpha value is -1.59. The summed E-state index contributed by atoms with van der Waals surface area (Å²) in [4.78, 5) is 26.2. The number of hydrogen-bond donors (Lipinski definition) is 2. The van der Waals surface area contributed by atoms with Gasteiger partial charge >= 0.3 is 0 Å². The van der Waals surface area contributed by atoms with E-state index in [1.807, 2.05) is 38.1 Å². The van der Waals surface area contributed by atoms with Crippen LogP contribution in [0.1, 0.15) is 45.1 Å². The zero-order valence-corrected chi connectivity index (χ0v) is 15.3. The van der Waals surface area contributed by atoms with Gasteiger partial charge in [-0.3, -0.25) is 9.59 Å². The van der Waals surface area contributed by atoms with Gasteiger partial charge in [0.05, 0.1) is 5.54 Å². The third-order valence-corrected chi connectivity index (χ3v) is 4.90. The molecule has 2 amide bonds. The van der Waals surface area contributed by atoms with E-state index in [0.717, 1.165) is 24.9 Å². The van der Waals surface area contributed by atoms with Crippen molar-refractivity contribution in [3.63, 3.8) is 0 Å². The van der Waals surface area contributed by atoms with Crippen molar-refractivity contribution in [1.82, 2.24) is 5.32 Å². The number of fused-ring (bicyclic) bond motifs is 1. The highest BCUT2D eigenvalue weighted by Crippen LogP contribution is 2.27. The number of rotatable bonds is 7. The van der Waals surface area contributed by atoms with Gasteiger partial charge in [0.1, 0.15) is 0 Å². The van der Waals surface area contributed by atoms with Gasteiger partial charge < -0.3 is 16.0 Å². The quantitative estimate of drug-likeness (QED) is 0.790. The summed E-state index contributed by atoms with van der Waals surface area (Å²) in [5, 5.41) is 3.06. The molecule has 0 saturated carbocycles. The van der Waals surface area contributed by atoms with Crippen molar-refractivity contribution in [3.8, 4) is 0 Å². The monoisotopic (exact) mass is 353 g/mol. The lowest BCUT2D eigenvalue weighted by Crippen LogP contribution is -2.53. The lowest BCUT2D eigenvalue weighted by molar-refractivity contribution is -0.123. The molecular formula is C18H28ClN3O2. The van der Waals surface area contributed by atoms with E-state index >= 15 is 0 Å². The van der Waals surface area contributed by atoms with Crippen LogP contribution >= 0.6 is 12.4 Å². The average Bonchev–Trinajstić information content (AvgIpc) is 2.59. The van der Waals surface area contributed by atoms with E-state index in [0.29, 0.717) is 25.9 Å². The first kappa shape index (κ1) is 20.5. The van der Waals surface area contributed by atoms with E-state index in [1.165, 1.54) is 5.56 Å². The number of aryl methyl sites for hydroxylation is 1. The molecule has 1 aliphatic rings. The van der Waals surface area contributed by atoms with E-state index in [-0.39, 0.29) is 29.8 Å². The van der Waals surface area contributed by atoms with Crippen molar-refractivity contribution in [1.29, 1.82) is 0 Å². The number of nitrogens with zero attached hydrogens (tertiary/aromatic N) is 1. The molecule has 1 aromatic carbocycles. The molecule has 0 spiro atoms. The lowest BCUT2D eigenvalue weighted by atomic mass is 9.92. The van der Waals surface area contributed by atoms with E-state index < -0.39 is 0 Å². The van der Waals surface area contributed by atoms with Crippen molar-refractivity contribution in [2.75, 3.05) is 18.0 Å². The van der Waals surface area contributed by atoms with Crippen LogP contribution in [0.15, 0.2) is 24.3 Å². The molecule has 1 aromatic rings. The summed E-state index contributed by atoms with van der Waals surface area (Å²) in [6.45, 7) is 4.90. The molecule has 5 nitrogen and oxygen atoms in total. The molecule has 134 valence electrons. The van der Waals surface area contributed by atoms with Gasteiger partial charge in [-0.25, -0.2) is 0 Å². The molecule has 0 aromatic heterocycles. The zero-order valence-electron chi connectivity index (χ0n) is 14.5. The maximum absolute atomic E-state index is 12.3. The van der Waals surface area contributed by atoms with E-state index in [2.05, 4.69) is 5.32 Å². The first-order chi connectivity index (χ1) is 11.0. The molecular weight excluding hydrogens is 326 g/mol. The fourth-order valence-electron chi connectivity index (χ4n) is 3.08. The maximum Gasteiger partial charge on any atom is 0.227 e. The minimum absolute atomic E-state index is 0. The molecule has 0 unspecified atom stereocenters. The molecule has 0 aliphatic carbocycles. The molecule has 0 fully saturated rings. The molecule has 1 aliphatic heterocycles. The highest BCUT2D eigenvalue weighted by Gasteiger charge is 2.28. The highest BCUT2D eigenvalue weighted by molar-refractivity contribution is 5.97. The second kappa shape index (κ2) is 9.04. The number of anilines is 1. The first-order valence-corrected chi connectivity index (χ1v) is 8.44. The predicted octanol–water partition coefficient (Wildman–Crippen LogP) is 2.41. The van der Waals surface area contributed by atoms with Crippen LogP contribution in [0, 0.1) is 0 Å². The van der Waals surface area contributed by atoms with Crippen molar-refractivity contribution >= 4 is 29.9 Å². The zero-order chi connectivity index (χ0) is 16.9. The summed E-state index contributed by atoms with van der Waals surface area (Å²) >= 11 is 0. The summed E-state index contributed by atoms with van der Waals surface area (Å²) in [6.07, 6.45) is 3.19. The Morgan fingerprint density at radius 3 is 2.54 bits per heavy atom. The fraction of sp³-hybridized carbons (Fsp3) is 0.556. The lowest BCUT2D eigenvalue weighted by Gasteiger charge is -2.33. The van der Waals surface area contributed by atoms with Crippen molar-refractivity contribution in [3.05, 3.63) is 29.8 Å². The van der Waals surface area contributed by atoms with Crippen LogP contribution in [0.2, 0.25) is 0 Å². The third kappa shape index (κ3) is 4.48. The molecule has 0 saturated heterocycles. The maximum atomic E-state index is 12.3. The molecule has 1 heterocycles. The Morgan fingerprint density at radius 1 is 1.25 bits per heavy atom. The van der Waals surface area contributed by atoms with Crippen LogP contribution in [0.5, 0.6) is 0 Å². The summed E-state index contributed by atoms with van der Waals surface area (Å²) in [6, 6.07) is 7.91. The Balaban J connectivity index is 0.00000288. The fourth-order valence-corrected chi connectivity index (χ4v) is 3.08.